The highest BCUT2D eigenvalue weighted by atomic mass is 35.5. The van der Waals surface area contributed by atoms with Crippen LogP contribution >= 0.6 is 11.6 Å². The molecular weight excluding hydrogens is 280 g/mol. The Hall–Kier alpha value is -2.18. The summed E-state index contributed by atoms with van der Waals surface area (Å²) in [7, 11) is 0. The molecule has 0 saturated carbocycles. The van der Waals surface area contributed by atoms with E-state index >= 15 is 0 Å². The van der Waals surface area contributed by atoms with E-state index in [4.69, 9.17) is 22.4 Å². The molecule has 4 N–H and O–H groups in total. The van der Waals surface area contributed by atoms with Crippen LogP contribution in [0.3, 0.4) is 0 Å². The first kappa shape index (κ1) is 14.2. The van der Waals surface area contributed by atoms with Crippen molar-refractivity contribution in [2.75, 3.05) is 18.9 Å². The Morgan fingerprint density at radius 1 is 1.35 bits per heavy atom. The number of nitrogens with one attached hydrogen (secondary N) is 1. The second-order valence-corrected chi connectivity index (χ2v) is 4.41. The number of aliphatic hydroxyl groups excluding tert-OH is 1. The number of aliphatic hydroxyl groups is 1. The van der Waals surface area contributed by atoms with E-state index in [2.05, 4.69) is 15.3 Å². The van der Waals surface area contributed by atoms with Gasteiger partial charge in [0, 0.05) is 17.1 Å². The summed E-state index contributed by atoms with van der Waals surface area (Å²) in [5.74, 6) is -0.432. The summed E-state index contributed by atoms with van der Waals surface area (Å²) in [6, 6.07) is 7.00. The first-order chi connectivity index (χ1) is 9.61. The fourth-order valence-electron chi connectivity index (χ4n) is 1.58. The molecule has 7 heteroatoms. The number of nitrogens with two attached hydrogens (primary N) is 1. The van der Waals surface area contributed by atoms with Crippen LogP contribution in [0.25, 0.3) is 11.3 Å². The molecule has 0 bridgehead atoms. The van der Waals surface area contributed by atoms with Gasteiger partial charge in [-0.1, -0.05) is 23.7 Å². The van der Waals surface area contributed by atoms with Gasteiger partial charge in [-0.2, -0.15) is 0 Å². The quantitative estimate of drug-likeness (QED) is 0.783. The van der Waals surface area contributed by atoms with Gasteiger partial charge in [0.15, 0.2) is 11.5 Å². The molecule has 0 atom stereocenters. The number of carbonyl (C=O) groups excluding carboxylic acids is 1. The molecule has 0 radical (unpaired) electrons. The van der Waals surface area contributed by atoms with Gasteiger partial charge in [0.25, 0.3) is 5.91 Å². The molecule has 2 aromatic rings. The Labute approximate surface area is 120 Å². The molecular formula is C13H13ClN4O2. The molecule has 1 aromatic carbocycles. The minimum absolute atomic E-state index is 0.0332. The van der Waals surface area contributed by atoms with Gasteiger partial charge >= 0.3 is 0 Å². The number of halogens is 1. The molecule has 0 spiro atoms. The number of rotatable bonds is 4. The monoisotopic (exact) mass is 292 g/mol. The largest absolute Gasteiger partial charge is 0.395 e. The highest BCUT2D eigenvalue weighted by Crippen LogP contribution is 2.20. The van der Waals surface area contributed by atoms with Crippen molar-refractivity contribution < 1.29 is 9.90 Å². The molecule has 0 fully saturated rings. The number of hydrogen-bond acceptors (Lipinski definition) is 5. The lowest BCUT2D eigenvalue weighted by Gasteiger charge is -2.07. The van der Waals surface area contributed by atoms with E-state index in [1.54, 1.807) is 24.3 Å². The van der Waals surface area contributed by atoms with Gasteiger partial charge in [-0.25, -0.2) is 9.97 Å². The van der Waals surface area contributed by atoms with Crippen LogP contribution in [0.2, 0.25) is 5.02 Å². The number of hydrogen-bond donors (Lipinski definition) is 3. The number of nitrogens with zero attached hydrogens (tertiary/aromatic N) is 2. The van der Waals surface area contributed by atoms with Crippen LogP contribution < -0.4 is 11.1 Å². The van der Waals surface area contributed by atoms with Crippen molar-refractivity contribution in [3.8, 4) is 11.3 Å². The summed E-state index contributed by atoms with van der Waals surface area (Å²) >= 11 is 5.82. The predicted octanol–water partition coefficient (Wildman–Crippen LogP) is 1.10. The first-order valence-electron chi connectivity index (χ1n) is 5.89. The van der Waals surface area contributed by atoms with Crippen LogP contribution in [-0.2, 0) is 0 Å². The zero-order valence-corrected chi connectivity index (χ0v) is 11.3. The van der Waals surface area contributed by atoms with Crippen LogP contribution in [0.5, 0.6) is 0 Å². The third kappa shape index (κ3) is 3.23. The first-order valence-corrected chi connectivity index (χ1v) is 6.27. The SMILES string of the molecule is Nc1ncc(-c2ccc(Cl)cc2)nc1C(=O)NCCO. The van der Waals surface area contributed by atoms with E-state index in [1.807, 2.05) is 0 Å². The van der Waals surface area contributed by atoms with Gasteiger partial charge in [-0.15, -0.1) is 0 Å². The molecule has 0 aliphatic carbocycles. The lowest BCUT2D eigenvalue weighted by Crippen LogP contribution is -2.28. The van der Waals surface area contributed by atoms with E-state index in [0.29, 0.717) is 10.7 Å². The normalized spacial score (nSPS) is 10.3. The van der Waals surface area contributed by atoms with Crippen LogP contribution in [0.15, 0.2) is 30.5 Å². The van der Waals surface area contributed by atoms with Crippen molar-refractivity contribution in [3.63, 3.8) is 0 Å². The number of amides is 1. The van der Waals surface area contributed by atoms with Gasteiger partial charge in [0.2, 0.25) is 0 Å². The number of carbonyl (C=O) groups is 1. The van der Waals surface area contributed by atoms with E-state index in [9.17, 15) is 4.79 Å². The summed E-state index contributed by atoms with van der Waals surface area (Å²) in [6.45, 7) is -0.0267. The van der Waals surface area contributed by atoms with Gasteiger partial charge in [0.05, 0.1) is 18.5 Å². The highest BCUT2D eigenvalue weighted by Gasteiger charge is 2.14. The third-order valence-electron chi connectivity index (χ3n) is 2.55. The van der Waals surface area contributed by atoms with Crippen LogP contribution in [0, 0.1) is 0 Å². The van der Waals surface area contributed by atoms with Gasteiger partial charge in [-0.05, 0) is 12.1 Å². The van der Waals surface area contributed by atoms with Gasteiger partial charge in [-0.3, -0.25) is 4.79 Å². The van der Waals surface area contributed by atoms with E-state index in [-0.39, 0.29) is 24.7 Å². The fourth-order valence-corrected chi connectivity index (χ4v) is 1.70. The van der Waals surface area contributed by atoms with Crippen LogP contribution in [0.4, 0.5) is 5.82 Å². The maximum Gasteiger partial charge on any atom is 0.273 e. The highest BCUT2D eigenvalue weighted by molar-refractivity contribution is 6.30. The predicted molar refractivity (Wildman–Crippen MR) is 76.3 cm³/mol. The standard InChI is InChI=1S/C13H13ClN4O2/c14-9-3-1-8(2-4-9)10-7-17-12(15)11(18-10)13(20)16-5-6-19/h1-4,7,19H,5-6H2,(H2,15,17)(H,16,20). The summed E-state index contributed by atoms with van der Waals surface area (Å²) in [4.78, 5) is 20.0. The lowest BCUT2D eigenvalue weighted by atomic mass is 10.1. The van der Waals surface area contributed by atoms with E-state index in [1.165, 1.54) is 6.20 Å². The van der Waals surface area contributed by atoms with Crippen molar-refractivity contribution >= 4 is 23.3 Å². The molecule has 20 heavy (non-hydrogen) atoms. The topological polar surface area (TPSA) is 101 Å². The fraction of sp³-hybridized carbons (Fsp3) is 0.154. The van der Waals surface area contributed by atoms with Crippen molar-refractivity contribution in [2.45, 2.75) is 0 Å². The van der Waals surface area contributed by atoms with Crippen LogP contribution in [-0.4, -0.2) is 34.1 Å². The molecule has 0 unspecified atom stereocenters. The Morgan fingerprint density at radius 2 is 2.05 bits per heavy atom. The Kier molecular flexibility index (Phi) is 4.49. The molecule has 1 heterocycles. The van der Waals surface area contributed by atoms with Crippen molar-refractivity contribution in [1.29, 1.82) is 0 Å². The Morgan fingerprint density at radius 3 is 2.70 bits per heavy atom. The second-order valence-electron chi connectivity index (χ2n) is 3.98. The lowest BCUT2D eigenvalue weighted by molar-refractivity contribution is 0.0940. The molecule has 0 aliphatic rings. The number of aromatic nitrogens is 2. The minimum Gasteiger partial charge on any atom is -0.395 e. The van der Waals surface area contributed by atoms with Crippen LogP contribution in [0.1, 0.15) is 10.5 Å². The summed E-state index contributed by atoms with van der Waals surface area (Å²) in [6.07, 6.45) is 1.49. The van der Waals surface area contributed by atoms with E-state index in [0.717, 1.165) is 5.56 Å². The molecule has 104 valence electrons. The number of benzene rings is 1. The third-order valence-corrected chi connectivity index (χ3v) is 2.81. The molecule has 1 aromatic heterocycles. The van der Waals surface area contributed by atoms with Crippen molar-refractivity contribution in [1.82, 2.24) is 15.3 Å². The number of anilines is 1. The smallest absolute Gasteiger partial charge is 0.273 e. The van der Waals surface area contributed by atoms with E-state index < -0.39 is 5.91 Å². The zero-order chi connectivity index (χ0) is 14.5. The maximum atomic E-state index is 11.8. The number of nitrogen functional groups attached to an aromatic ring is 1. The van der Waals surface area contributed by atoms with Crippen molar-refractivity contribution in [3.05, 3.63) is 41.2 Å². The zero-order valence-electron chi connectivity index (χ0n) is 10.5. The maximum absolute atomic E-state index is 11.8. The minimum atomic E-state index is -0.472. The molecule has 0 aliphatic heterocycles. The second kappa shape index (κ2) is 6.31. The molecule has 2 rings (SSSR count). The summed E-state index contributed by atoms with van der Waals surface area (Å²) in [5.41, 5.74) is 6.97. The summed E-state index contributed by atoms with van der Waals surface area (Å²) in [5, 5.41) is 11.8. The Balaban J connectivity index is 2.33. The molecule has 0 saturated heterocycles. The van der Waals surface area contributed by atoms with Gasteiger partial charge in [0.1, 0.15) is 0 Å². The van der Waals surface area contributed by atoms with Gasteiger partial charge < -0.3 is 16.2 Å². The summed E-state index contributed by atoms with van der Waals surface area (Å²) < 4.78 is 0. The average Bonchev–Trinajstić information content (AvgIpc) is 2.46. The molecule has 1 amide bonds. The van der Waals surface area contributed by atoms with Crippen molar-refractivity contribution in [2.24, 2.45) is 0 Å². The molecule has 6 nitrogen and oxygen atoms in total. The Bertz CT molecular complexity index is 616. The average molecular weight is 293 g/mol.